The number of halogens is 7. The number of likely N-dealkylation sites (tertiary alicyclic amines) is 1. The Morgan fingerprint density at radius 1 is 0.952 bits per heavy atom. The molecule has 1 aromatic carbocycles. The third kappa shape index (κ3) is 8.48. The molecular weight excluding hydrogens is 599 g/mol. The zero-order chi connectivity index (χ0) is 31.3. The van der Waals surface area contributed by atoms with Crippen molar-refractivity contribution in [2.45, 2.75) is 43.8 Å². The van der Waals surface area contributed by atoms with E-state index in [4.69, 9.17) is 19.8 Å². The Morgan fingerprint density at radius 2 is 1.50 bits per heavy atom. The quantitative estimate of drug-likeness (QED) is 0.398. The number of carboxylic acid groups (broad SMARTS) is 2. The number of thiophene rings is 1. The summed E-state index contributed by atoms with van der Waals surface area (Å²) in [6, 6.07) is 8.84. The average Bonchev–Trinajstić information content (AvgIpc) is 3.56. The van der Waals surface area contributed by atoms with Crippen molar-refractivity contribution in [3.05, 3.63) is 58.3 Å². The van der Waals surface area contributed by atoms with Crippen LogP contribution in [0.15, 0.2) is 41.1 Å². The highest BCUT2D eigenvalue weighted by molar-refractivity contribution is 7.07. The normalized spacial score (nSPS) is 17.0. The van der Waals surface area contributed by atoms with Crippen LogP contribution in [-0.4, -0.2) is 85.8 Å². The van der Waals surface area contributed by atoms with Crippen LogP contribution in [0.5, 0.6) is 0 Å². The van der Waals surface area contributed by atoms with Crippen LogP contribution in [0, 0.1) is 5.82 Å². The number of carboxylic acids is 2. The molecule has 0 radical (unpaired) electrons. The molecule has 42 heavy (non-hydrogen) atoms. The Labute approximate surface area is 238 Å². The molecule has 0 saturated carbocycles. The number of fused-ring (bicyclic) bond motifs is 2. The minimum Gasteiger partial charge on any atom is -0.475 e. The van der Waals surface area contributed by atoms with Crippen molar-refractivity contribution in [3.8, 4) is 11.4 Å². The number of piperidine rings is 1. The molecule has 2 N–H and O–H groups in total. The summed E-state index contributed by atoms with van der Waals surface area (Å²) in [5.74, 6) is -3.85. The largest absolute Gasteiger partial charge is 0.490 e. The van der Waals surface area contributed by atoms with E-state index in [0.29, 0.717) is 0 Å². The minimum absolute atomic E-state index is 0.000693. The second-order valence-corrected chi connectivity index (χ2v) is 10.5. The monoisotopic (exact) mass is 625 g/mol. The predicted octanol–water partition coefficient (Wildman–Crippen LogP) is 4.85. The first-order chi connectivity index (χ1) is 19.5. The summed E-state index contributed by atoms with van der Waals surface area (Å²) in [6.07, 6.45) is -8.03. The van der Waals surface area contributed by atoms with Crippen molar-refractivity contribution >= 4 is 23.3 Å². The summed E-state index contributed by atoms with van der Waals surface area (Å²) in [7, 11) is 2.16. The summed E-state index contributed by atoms with van der Waals surface area (Å²) < 4.78 is 79.2. The Balaban J connectivity index is 0.000000289. The summed E-state index contributed by atoms with van der Waals surface area (Å²) in [5.41, 5.74) is 2.34. The van der Waals surface area contributed by atoms with Gasteiger partial charge in [-0.1, -0.05) is 0 Å². The molecule has 3 aromatic rings. The SMILES string of the molecule is CN1Cc2nnc(-c3ccc(F)cc3)n2C2(CCN(Cc3ccsc3)CC2)C1.O=C(O)C(F)(F)F.O=C(O)C(F)(F)F. The van der Waals surface area contributed by atoms with Gasteiger partial charge in [0.25, 0.3) is 0 Å². The molecule has 9 nitrogen and oxygen atoms in total. The average molecular weight is 626 g/mol. The first-order valence-electron chi connectivity index (χ1n) is 12.2. The summed E-state index contributed by atoms with van der Waals surface area (Å²) >= 11 is 1.76. The fraction of sp³-hybridized carbons (Fsp3) is 0.440. The van der Waals surface area contributed by atoms with Gasteiger partial charge in [-0.2, -0.15) is 37.7 Å². The molecule has 2 aliphatic heterocycles. The molecule has 4 heterocycles. The Kier molecular flexibility index (Phi) is 10.3. The molecule has 17 heteroatoms. The molecule has 1 fully saturated rings. The van der Waals surface area contributed by atoms with E-state index in [9.17, 15) is 30.7 Å². The van der Waals surface area contributed by atoms with Crippen LogP contribution >= 0.6 is 11.3 Å². The number of hydrogen-bond acceptors (Lipinski definition) is 7. The lowest BCUT2D eigenvalue weighted by molar-refractivity contribution is -0.193. The van der Waals surface area contributed by atoms with Crippen LogP contribution in [0.1, 0.15) is 24.2 Å². The van der Waals surface area contributed by atoms with Crippen molar-refractivity contribution in [2.75, 3.05) is 26.7 Å². The van der Waals surface area contributed by atoms with E-state index in [1.807, 2.05) is 12.1 Å². The minimum atomic E-state index is -5.08. The van der Waals surface area contributed by atoms with E-state index < -0.39 is 24.3 Å². The predicted molar refractivity (Wildman–Crippen MR) is 136 cm³/mol. The topological polar surface area (TPSA) is 112 Å². The maximum absolute atomic E-state index is 13.4. The number of rotatable bonds is 3. The molecule has 2 aliphatic rings. The molecule has 230 valence electrons. The van der Waals surface area contributed by atoms with Crippen LogP contribution in [0.2, 0.25) is 0 Å². The van der Waals surface area contributed by atoms with Crippen molar-refractivity contribution in [1.82, 2.24) is 24.6 Å². The molecule has 0 aliphatic carbocycles. The highest BCUT2D eigenvalue weighted by Crippen LogP contribution is 2.39. The van der Waals surface area contributed by atoms with Gasteiger partial charge >= 0.3 is 24.3 Å². The van der Waals surface area contributed by atoms with Crippen molar-refractivity contribution in [1.29, 1.82) is 0 Å². The fourth-order valence-electron chi connectivity index (χ4n) is 4.72. The van der Waals surface area contributed by atoms with E-state index in [0.717, 1.165) is 62.8 Å². The van der Waals surface area contributed by atoms with Gasteiger partial charge in [-0.3, -0.25) is 9.80 Å². The van der Waals surface area contributed by atoms with Gasteiger partial charge < -0.3 is 14.8 Å². The van der Waals surface area contributed by atoms with Gasteiger partial charge in [-0.25, -0.2) is 14.0 Å². The molecule has 0 unspecified atom stereocenters. The van der Waals surface area contributed by atoms with E-state index in [2.05, 4.69) is 48.4 Å². The van der Waals surface area contributed by atoms with Gasteiger partial charge in [0.1, 0.15) is 11.6 Å². The van der Waals surface area contributed by atoms with E-state index in [1.54, 1.807) is 11.3 Å². The Morgan fingerprint density at radius 3 is 1.98 bits per heavy atom. The highest BCUT2D eigenvalue weighted by Gasteiger charge is 2.43. The molecule has 1 spiro atoms. The lowest BCUT2D eigenvalue weighted by atomic mass is 9.84. The third-order valence-corrected chi connectivity index (χ3v) is 7.27. The molecule has 1 saturated heterocycles. The zero-order valence-electron chi connectivity index (χ0n) is 22.0. The molecule has 0 bridgehead atoms. The first kappa shape index (κ1) is 32.9. The summed E-state index contributed by atoms with van der Waals surface area (Å²) in [6.45, 7) is 4.94. The number of hydrogen-bond donors (Lipinski definition) is 2. The lowest BCUT2D eigenvalue weighted by Gasteiger charge is -2.48. The summed E-state index contributed by atoms with van der Waals surface area (Å²) in [5, 5.41) is 27.7. The van der Waals surface area contributed by atoms with Gasteiger partial charge in [0.2, 0.25) is 0 Å². The van der Waals surface area contributed by atoms with E-state index >= 15 is 0 Å². The molecule has 5 rings (SSSR count). The van der Waals surface area contributed by atoms with Crippen LogP contribution in [0.4, 0.5) is 30.7 Å². The van der Waals surface area contributed by atoms with Gasteiger partial charge in [-0.15, -0.1) is 10.2 Å². The van der Waals surface area contributed by atoms with Crippen LogP contribution in [-0.2, 0) is 28.2 Å². The van der Waals surface area contributed by atoms with Gasteiger partial charge in [-0.05, 0) is 66.5 Å². The number of alkyl halides is 6. The first-order valence-corrected chi connectivity index (χ1v) is 13.2. The third-order valence-electron chi connectivity index (χ3n) is 6.54. The maximum atomic E-state index is 13.4. The number of likely N-dealkylation sites (N-methyl/N-ethyl adjacent to an activating group) is 1. The van der Waals surface area contributed by atoms with Crippen molar-refractivity contribution < 1.29 is 50.5 Å². The summed E-state index contributed by atoms with van der Waals surface area (Å²) in [4.78, 5) is 22.7. The number of aliphatic carboxylic acids is 2. The highest BCUT2D eigenvalue weighted by atomic mass is 32.1. The lowest BCUT2D eigenvalue weighted by Crippen LogP contribution is -2.55. The van der Waals surface area contributed by atoms with Crippen molar-refractivity contribution in [2.24, 2.45) is 0 Å². The Bertz CT molecular complexity index is 1310. The van der Waals surface area contributed by atoms with Crippen LogP contribution < -0.4 is 0 Å². The molecule has 0 amide bonds. The number of nitrogens with zero attached hydrogens (tertiary/aromatic N) is 5. The second kappa shape index (κ2) is 13.2. The standard InChI is InChI=1S/C21H24FN5S.2C2HF3O2/c1-25-13-19-23-24-20(17-2-4-18(22)5-3-17)27(19)21(15-25)7-9-26(10-8-21)12-16-6-11-28-14-16;2*3-2(4,5)1(6)7/h2-6,11,14H,7-10,12-13,15H2,1H3;2*(H,6,7). The second-order valence-electron chi connectivity index (χ2n) is 9.69. The van der Waals surface area contributed by atoms with E-state index in [1.165, 1.54) is 17.7 Å². The number of benzene rings is 1. The smallest absolute Gasteiger partial charge is 0.475 e. The van der Waals surface area contributed by atoms with Crippen molar-refractivity contribution in [3.63, 3.8) is 0 Å². The number of carbonyl (C=O) groups is 2. The van der Waals surface area contributed by atoms with E-state index in [-0.39, 0.29) is 11.4 Å². The van der Waals surface area contributed by atoms with Gasteiger partial charge in [0, 0.05) is 31.7 Å². The maximum Gasteiger partial charge on any atom is 0.490 e. The fourth-order valence-corrected chi connectivity index (χ4v) is 5.38. The van der Waals surface area contributed by atoms with Crippen LogP contribution in [0.3, 0.4) is 0 Å². The molecular formula is C25H26F7N5O4S. The Hall–Kier alpha value is -3.57. The number of aromatic nitrogens is 3. The molecule has 0 atom stereocenters. The zero-order valence-corrected chi connectivity index (χ0v) is 22.8. The van der Waals surface area contributed by atoms with Gasteiger partial charge in [0.05, 0.1) is 12.1 Å². The van der Waals surface area contributed by atoms with Gasteiger partial charge in [0.15, 0.2) is 5.82 Å². The molecule has 2 aromatic heterocycles. The van der Waals surface area contributed by atoms with Crippen LogP contribution in [0.25, 0.3) is 11.4 Å².